The third-order valence-electron chi connectivity index (χ3n) is 9.02. The Morgan fingerprint density at radius 1 is 1.13 bits per heavy atom. The summed E-state index contributed by atoms with van der Waals surface area (Å²) >= 11 is 0. The lowest BCUT2D eigenvalue weighted by atomic mass is 10.0. The molecule has 4 amide bonds. The van der Waals surface area contributed by atoms with Crippen LogP contribution in [0.4, 0.5) is 14.0 Å². The average Bonchev–Trinajstić information content (AvgIpc) is 3.31. The lowest BCUT2D eigenvalue weighted by molar-refractivity contribution is -0.150. The van der Waals surface area contributed by atoms with Gasteiger partial charge in [-0.25, -0.2) is 18.8 Å². The summed E-state index contributed by atoms with van der Waals surface area (Å²) < 4.78 is 30.9. The predicted molar refractivity (Wildman–Crippen MR) is 167 cm³/mol. The first-order valence-corrected chi connectivity index (χ1v) is 16.5. The minimum Gasteiger partial charge on any atom is -0.464 e. The Bertz CT molecular complexity index is 1430. The number of fused-ring (bicyclic) bond motifs is 3. The van der Waals surface area contributed by atoms with E-state index in [0.29, 0.717) is 30.4 Å². The molecule has 1 saturated carbocycles. The monoisotopic (exact) mass is 656 g/mol. The topological polar surface area (TPSA) is 144 Å². The SMILES string of the molecule is CCOC(=O)[C@@]12C[C@@H]1/C=C\CCCCC[C@H](NC(=O)OC(C)(C)C)C(=O)N1C[C@H](OC(=O)N3Cc4cccc(F)c4C3)C[C@H]1C(=O)N2. The van der Waals surface area contributed by atoms with Crippen LogP contribution in [0.2, 0.25) is 0 Å². The zero-order chi connectivity index (χ0) is 33.9. The van der Waals surface area contributed by atoms with E-state index in [4.69, 9.17) is 14.2 Å². The van der Waals surface area contributed by atoms with Crippen LogP contribution in [-0.2, 0) is 41.7 Å². The van der Waals surface area contributed by atoms with E-state index in [1.54, 1.807) is 39.8 Å². The van der Waals surface area contributed by atoms with E-state index in [0.717, 1.165) is 19.3 Å². The molecule has 13 heteroatoms. The highest BCUT2D eigenvalue weighted by Crippen LogP contribution is 2.46. The summed E-state index contributed by atoms with van der Waals surface area (Å²) in [5.41, 5.74) is -0.947. The molecule has 5 atom stereocenters. The van der Waals surface area contributed by atoms with Crippen molar-refractivity contribution in [2.45, 2.75) is 115 Å². The standard InChI is InChI=1S/C34H45FN4O8/c1-5-45-30(42)34-17-22(34)13-9-7-6-8-10-15-26(36-31(43)47-33(2,3)4)29(41)39-19-23(16-27(39)28(40)37-34)46-32(44)38-18-21-12-11-14-25(35)24(21)20-38/h9,11-14,22-23,26-27H,5-8,10,15-20H2,1-4H3,(H,36,43)(H,37,40)/b13-9-/t22-,23+,26-,27-,34+/m0/s1. The minimum absolute atomic E-state index is 0.0307. The number of esters is 1. The Labute approximate surface area is 274 Å². The molecule has 256 valence electrons. The van der Waals surface area contributed by atoms with E-state index < -0.39 is 65.1 Å². The Balaban J connectivity index is 1.38. The number of carbonyl (C=O) groups excluding carboxylic acids is 5. The summed E-state index contributed by atoms with van der Waals surface area (Å²) in [7, 11) is 0. The third-order valence-corrected chi connectivity index (χ3v) is 9.02. The quantitative estimate of drug-likeness (QED) is 0.280. The highest BCUT2D eigenvalue weighted by atomic mass is 19.1. The summed E-state index contributed by atoms with van der Waals surface area (Å²) in [5.74, 6) is -2.30. The highest BCUT2D eigenvalue weighted by Gasteiger charge is 2.62. The van der Waals surface area contributed by atoms with Crippen LogP contribution >= 0.6 is 0 Å². The lowest BCUT2D eigenvalue weighted by Gasteiger charge is -2.30. The van der Waals surface area contributed by atoms with Gasteiger partial charge in [0.05, 0.1) is 19.7 Å². The van der Waals surface area contributed by atoms with Gasteiger partial charge in [-0.1, -0.05) is 37.1 Å². The second-order valence-electron chi connectivity index (χ2n) is 13.7. The van der Waals surface area contributed by atoms with Crippen LogP contribution in [0.5, 0.6) is 0 Å². The number of rotatable bonds is 4. The second kappa shape index (κ2) is 13.9. The van der Waals surface area contributed by atoms with E-state index in [-0.39, 0.29) is 38.6 Å². The maximum absolute atomic E-state index is 14.3. The van der Waals surface area contributed by atoms with Crippen molar-refractivity contribution < 1.29 is 42.6 Å². The summed E-state index contributed by atoms with van der Waals surface area (Å²) in [6.07, 6.45) is 5.27. The van der Waals surface area contributed by atoms with Crippen molar-refractivity contribution in [3.8, 4) is 0 Å². The van der Waals surface area contributed by atoms with Crippen LogP contribution in [0.3, 0.4) is 0 Å². The number of nitrogens with zero attached hydrogens (tertiary/aromatic N) is 2. The fraction of sp³-hybridized carbons (Fsp3) is 0.618. The Kier molecular flexibility index (Phi) is 10.1. The Hall–Kier alpha value is -4.16. The van der Waals surface area contributed by atoms with Crippen LogP contribution in [-0.4, -0.2) is 82.2 Å². The van der Waals surface area contributed by atoms with Crippen molar-refractivity contribution in [2.24, 2.45) is 5.92 Å². The molecular weight excluding hydrogens is 611 g/mol. The molecule has 2 N–H and O–H groups in total. The molecule has 47 heavy (non-hydrogen) atoms. The number of hydrogen-bond acceptors (Lipinski definition) is 8. The Morgan fingerprint density at radius 3 is 2.64 bits per heavy atom. The van der Waals surface area contributed by atoms with Crippen LogP contribution < -0.4 is 10.6 Å². The first-order valence-electron chi connectivity index (χ1n) is 16.5. The molecule has 4 aliphatic rings. The average molecular weight is 657 g/mol. The summed E-state index contributed by atoms with van der Waals surface area (Å²) in [6, 6.07) is 2.57. The largest absolute Gasteiger partial charge is 0.464 e. The van der Waals surface area contributed by atoms with Crippen molar-refractivity contribution >= 4 is 30.0 Å². The smallest absolute Gasteiger partial charge is 0.410 e. The number of nitrogens with one attached hydrogen (secondary N) is 2. The first-order chi connectivity index (χ1) is 22.3. The predicted octanol–water partition coefficient (Wildman–Crippen LogP) is 4.10. The van der Waals surface area contributed by atoms with Gasteiger partial charge in [0.25, 0.3) is 0 Å². The molecule has 0 aromatic heterocycles. The van der Waals surface area contributed by atoms with Crippen LogP contribution in [0, 0.1) is 11.7 Å². The van der Waals surface area contributed by atoms with Gasteiger partial charge in [0.15, 0.2) is 0 Å². The molecule has 2 fully saturated rings. The van der Waals surface area contributed by atoms with Gasteiger partial charge in [-0.3, -0.25) is 14.5 Å². The molecule has 3 aliphatic heterocycles. The molecule has 0 bridgehead atoms. The normalized spacial score (nSPS) is 28.4. The molecule has 0 spiro atoms. The van der Waals surface area contributed by atoms with Gasteiger partial charge >= 0.3 is 18.2 Å². The number of benzene rings is 1. The lowest BCUT2D eigenvalue weighted by Crippen LogP contribution is -2.56. The molecule has 5 rings (SSSR count). The number of halogens is 1. The van der Waals surface area contributed by atoms with Gasteiger partial charge in [0.2, 0.25) is 11.8 Å². The van der Waals surface area contributed by atoms with Crippen LogP contribution in [0.15, 0.2) is 30.4 Å². The maximum Gasteiger partial charge on any atom is 0.410 e. The van der Waals surface area contributed by atoms with E-state index in [9.17, 15) is 28.4 Å². The molecule has 12 nitrogen and oxygen atoms in total. The van der Waals surface area contributed by atoms with Gasteiger partial charge in [0, 0.05) is 24.4 Å². The molecular formula is C34H45FN4O8. The zero-order valence-corrected chi connectivity index (χ0v) is 27.5. The number of carbonyl (C=O) groups is 5. The number of alkyl carbamates (subject to hydrolysis) is 1. The number of amides is 4. The van der Waals surface area contributed by atoms with Gasteiger partial charge in [-0.15, -0.1) is 0 Å². The van der Waals surface area contributed by atoms with Gasteiger partial charge in [0.1, 0.15) is 35.1 Å². The molecule has 0 radical (unpaired) electrons. The second-order valence-corrected chi connectivity index (χ2v) is 13.7. The Morgan fingerprint density at radius 2 is 1.91 bits per heavy atom. The van der Waals surface area contributed by atoms with Gasteiger partial charge < -0.3 is 29.7 Å². The highest BCUT2D eigenvalue weighted by molar-refractivity contribution is 5.96. The van der Waals surface area contributed by atoms with E-state index in [2.05, 4.69) is 10.6 Å². The van der Waals surface area contributed by atoms with E-state index in [1.807, 2.05) is 12.2 Å². The van der Waals surface area contributed by atoms with Crippen molar-refractivity contribution in [3.05, 3.63) is 47.3 Å². The molecule has 1 aromatic rings. The van der Waals surface area contributed by atoms with Crippen molar-refractivity contribution in [1.82, 2.24) is 20.4 Å². The first kappa shape index (κ1) is 34.2. The summed E-state index contributed by atoms with van der Waals surface area (Å²) in [4.78, 5) is 70.0. The van der Waals surface area contributed by atoms with Crippen molar-refractivity contribution in [2.75, 3.05) is 13.2 Å². The van der Waals surface area contributed by atoms with E-state index in [1.165, 1.54) is 15.9 Å². The molecule has 1 aromatic carbocycles. The van der Waals surface area contributed by atoms with Gasteiger partial charge in [-0.05, 0) is 65.0 Å². The van der Waals surface area contributed by atoms with Crippen molar-refractivity contribution in [1.29, 1.82) is 0 Å². The zero-order valence-electron chi connectivity index (χ0n) is 27.5. The summed E-state index contributed by atoms with van der Waals surface area (Å²) in [5, 5.41) is 5.58. The minimum atomic E-state index is -1.26. The molecule has 3 heterocycles. The number of ether oxygens (including phenoxy) is 3. The molecule has 1 saturated heterocycles. The van der Waals surface area contributed by atoms with Crippen LogP contribution in [0.1, 0.15) is 83.8 Å². The fourth-order valence-electron chi connectivity index (χ4n) is 6.57. The third kappa shape index (κ3) is 7.87. The van der Waals surface area contributed by atoms with Crippen molar-refractivity contribution in [3.63, 3.8) is 0 Å². The van der Waals surface area contributed by atoms with Gasteiger partial charge in [-0.2, -0.15) is 0 Å². The van der Waals surface area contributed by atoms with E-state index >= 15 is 0 Å². The van der Waals surface area contributed by atoms with Crippen LogP contribution in [0.25, 0.3) is 0 Å². The molecule has 0 unspecified atom stereocenters. The molecule has 1 aliphatic carbocycles. The number of allylic oxidation sites excluding steroid dienone is 1. The summed E-state index contributed by atoms with van der Waals surface area (Å²) in [6.45, 7) is 7.09. The fourth-order valence-corrected chi connectivity index (χ4v) is 6.57. The maximum atomic E-state index is 14.3. The number of hydrogen-bond donors (Lipinski definition) is 2.